The van der Waals surface area contributed by atoms with Gasteiger partial charge in [0.05, 0.1) is 18.1 Å². The first-order chi connectivity index (χ1) is 10.2. The summed E-state index contributed by atoms with van der Waals surface area (Å²) < 4.78 is 1.82. The van der Waals surface area contributed by atoms with Crippen LogP contribution in [-0.2, 0) is 13.1 Å². The topological polar surface area (TPSA) is 60.0 Å². The number of nitrogens with one attached hydrogen (secondary N) is 1. The van der Waals surface area contributed by atoms with Crippen molar-refractivity contribution in [2.75, 3.05) is 6.54 Å². The Kier molecular flexibility index (Phi) is 5.45. The number of rotatable bonds is 4. The molecule has 1 amide bonds. The fourth-order valence-electron chi connectivity index (χ4n) is 1.91. The Morgan fingerprint density at radius 2 is 2.38 bits per heavy atom. The number of amides is 1. The molecule has 6 heteroatoms. The average molecular weight is 322 g/mol. The maximum atomic E-state index is 12.2. The molecular weight excluding hydrogens is 306 g/mol. The van der Waals surface area contributed by atoms with Gasteiger partial charge in [-0.05, 0) is 24.4 Å². The standard InChI is InChI=1S/C15H16ClN3OS/c1-2-19-10-12(16)8-13(19)15(20)18-9-14-11(4-3-6-17)5-7-21-14/h5,7-8,10H,2,6,9,17H2,1H3,(H,18,20). The van der Waals surface area contributed by atoms with Crippen molar-refractivity contribution in [3.63, 3.8) is 0 Å². The number of carbonyl (C=O) groups excluding carboxylic acids is 1. The van der Waals surface area contributed by atoms with Gasteiger partial charge in [0.1, 0.15) is 5.69 Å². The molecule has 0 atom stereocenters. The molecule has 0 radical (unpaired) electrons. The molecule has 0 aliphatic rings. The summed E-state index contributed by atoms with van der Waals surface area (Å²) in [5.41, 5.74) is 6.85. The Balaban J connectivity index is 2.06. The summed E-state index contributed by atoms with van der Waals surface area (Å²) >= 11 is 7.50. The molecule has 0 aliphatic heterocycles. The molecule has 2 rings (SSSR count). The molecule has 2 aromatic rings. The van der Waals surface area contributed by atoms with E-state index in [0.29, 0.717) is 30.4 Å². The highest BCUT2D eigenvalue weighted by molar-refractivity contribution is 7.10. The summed E-state index contributed by atoms with van der Waals surface area (Å²) in [7, 11) is 0. The Bertz CT molecular complexity index is 693. The molecule has 2 heterocycles. The van der Waals surface area contributed by atoms with Crippen molar-refractivity contribution >= 4 is 28.8 Å². The molecule has 0 bridgehead atoms. The summed E-state index contributed by atoms with van der Waals surface area (Å²) in [6.45, 7) is 3.43. The number of nitrogens with two attached hydrogens (primary N) is 1. The number of hydrogen-bond donors (Lipinski definition) is 2. The molecule has 0 saturated heterocycles. The number of nitrogens with zero attached hydrogens (tertiary/aromatic N) is 1. The lowest BCUT2D eigenvalue weighted by Crippen LogP contribution is -2.25. The Hall–Kier alpha value is -1.74. The van der Waals surface area contributed by atoms with Crippen molar-refractivity contribution in [3.05, 3.63) is 44.9 Å². The minimum Gasteiger partial charge on any atom is -0.346 e. The summed E-state index contributed by atoms with van der Waals surface area (Å²) in [5.74, 6) is 5.68. The third-order valence-corrected chi connectivity index (χ3v) is 4.04. The van der Waals surface area contributed by atoms with Crippen LogP contribution in [0.25, 0.3) is 0 Å². The van der Waals surface area contributed by atoms with Crippen LogP contribution in [0.4, 0.5) is 0 Å². The second kappa shape index (κ2) is 7.32. The molecule has 0 saturated carbocycles. The monoisotopic (exact) mass is 321 g/mol. The first-order valence-electron chi connectivity index (χ1n) is 6.55. The van der Waals surface area contributed by atoms with Gasteiger partial charge in [0.2, 0.25) is 0 Å². The summed E-state index contributed by atoms with van der Waals surface area (Å²) in [6, 6.07) is 3.60. The van der Waals surface area contributed by atoms with Crippen LogP contribution in [-0.4, -0.2) is 17.0 Å². The zero-order valence-corrected chi connectivity index (χ0v) is 13.2. The zero-order valence-electron chi connectivity index (χ0n) is 11.6. The van der Waals surface area contributed by atoms with E-state index in [1.165, 1.54) is 0 Å². The van der Waals surface area contributed by atoms with Gasteiger partial charge in [-0.3, -0.25) is 4.79 Å². The maximum absolute atomic E-state index is 12.2. The van der Waals surface area contributed by atoms with E-state index >= 15 is 0 Å². The van der Waals surface area contributed by atoms with Crippen LogP contribution >= 0.6 is 22.9 Å². The minimum absolute atomic E-state index is 0.144. The second-order valence-corrected chi connectivity index (χ2v) is 5.71. The molecule has 3 N–H and O–H groups in total. The van der Waals surface area contributed by atoms with Gasteiger partial charge in [0.25, 0.3) is 5.91 Å². The van der Waals surface area contributed by atoms with Crippen LogP contribution in [0.3, 0.4) is 0 Å². The molecule has 2 aromatic heterocycles. The van der Waals surface area contributed by atoms with E-state index in [9.17, 15) is 4.79 Å². The largest absolute Gasteiger partial charge is 0.346 e. The first kappa shape index (κ1) is 15.6. The molecular formula is C15H16ClN3OS. The Morgan fingerprint density at radius 3 is 3.10 bits per heavy atom. The fourth-order valence-corrected chi connectivity index (χ4v) is 2.90. The van der Waals surface area contributed by atoms with Crippen LogP contribution in [0.5, 0.6) is 0 Å². The van der Waals surface area contributed by atoms with Crippen LogP contribution in [0, 0.1) is 11.8 Å². The lowest BCUT2D eigenvalue weighted by molar-refractivity contribution is 0.0942. The Labute approximate surface area is 132 Å². The molecule has 0 aliphatic carbocycles. The number of aryl methyl sites for hydroxylation is 1. The SMILES string of the molecule is CCn1cc(Cl)cc1C(=O)NCc1sccc1C#CCN. The second-order valence-electron chi connectivity index (χ2n) is 4.28. The van der Waals surface area contributed by atoms with Crippen molar-refractivity contribution in [1.82, 2.24) is 9.88 Å². The van der Waals surface area contributed by atoms with Crippen LogP contribution in [0.15, 0.2) is 23.7 Å². The number of halogens is 1. The van der Waals surface area contributed by atoms with E-state index in [0.717, 1.165) is 10.4 Å². The lowest BCUT2D eigenvalue weighted by atomic mass is 10.2. The van der Waals surface area contributed by atoms with E-state index in [2.05, 4.69) is 17.2 Å². The van der Waals surface area contributed by atoms with Gasteiger partial charge in [0, 0.05) is 23.2 Å². The van der Waals surface area contributed by atoms with Crippen LogP contribution in [0.1, 0.15) is 27.9 Å². The summed E-state index contributed by atoms with van der Waals surface area (Å²) in [4.78, 5) is 13.2. The Morgan fingerprint density at radius 1 is 1.57 bits per heavy atom. The van der Waals surface area contributed by atoms with Crippen molar-refractivity contribution in [2.24, 2.45) is 5.73 Å². The first-order valence-corrected chi connectivity index (χ1v) is 7.80. The normalized spacial score (nSPS) is 10.0. The van der Waals surface area contributed by atoms with Gasteiger partial charge >= 0.3 is 0 Å². The third-order valence-electron chi connectivity index (χ3n) is 2.92. The van der Waals surface area contributed by atoms with Gasteiger partial charge in [-0.1, -0.05) is 23.4 Å². The minimum atomic E-state index is -0.144. The lowest BCUT2D eigenvalue weighted by Gasteiger charge is -2.07. The van der Waals surface area contributed by atoms with Gasteiger partial charge < -0.3 is 15.6 Å². The summed E-state index contributed by atoms with van der Waals surface area (Å²) in [6.07, 6.45) is 1.75. The molecule has 110 valence electrons. The maximum Gasteiger partial charge on any atom is 0.268 e. The predicted molar refractivity (Wildman–Crippen MR) is 86.5 cm³/mol. The molecule has 21 heavy (non-hydrogen) atoms. The number of thiophene rings is 1. The smallest absolute Gasteiger partial charge is 0.268 e. The highest BCUT2D eigenvalue weighted by Gasteiger charge is 2.13. The van der Waals surface area contributed by atoms with Crippen molar-refractivity contribution < 1.29 is 4.79 Å². The third kappa shape index (κ3) is 3.88. The van der Waals surface area contributed by atoms with E-state index in [-0.39, 0.29) is 5.91 Å². The molecule has 0 aromatic carbocycles. The van der Waals surface area contributed by atoms with E-state index in [4.69, 9.17) is 17.3 Å². The average Bonchev–Trinajstić information content (AvgIpc) is 3.08. The molecule has 0 unspecified atom stereocenters. The highest BCUT2D eigenvalue weighted by atomic mass is 35.5. The van der Waals surface area contributed by atoms with E-state index < -0.39 is 0 Å². The fraction of sp³-hybridized carbons (Fsp3) is 0.267. The number of aromatic nitrogens is 1. The quantitative estimate of drug-likeness (QED) is 0.850. The van der Waals surface area contributed by atoms with Gasteiger partial charge in [-0.25, -0.2) is 0 Å². The zero-order chi connectivity index (χ0) is 15.2. The predicted octanol–water partition coefficient (Wildman–Crippen LogP) is 2.46. The van der Waals surface area contributed by atoms with Crippen LogP contribution in [0.2, 0.25) is 5.02 Å². The van der Waals surface area contributed by atoms with Crippen molar-refractivity contribution in [1.29, 1.82) is 0 Å². The van der Waals surface area contributed by atoms with Gasteiger partial charge in [-0.15, -0.1) is 11.3 Å². The number of hydrogen-bond acceptors (Lipinski definition) is 3. The van der Waals surface area contributed by atoms with E-state index in [1.807, 2.05) is 22.9 Å². The van der Waals surface area contributed by atoms with Crippen molar-refractivity contribution in [2.45, 2.75) is 20.0 Å². The number of carbonyl (C=O) groups is 1. The highest BCUT2D eigenvalue weighted by Crippen LogP contribution is 2.17. The van der Waals surface area contributed by atoms with E-state index in [1.54, 1.807) is 23.6 Å². The molecule has 0 fully saturated rings. The van der Waals surface area contributed by atoms with Crippen LogP contribution < -0.4 is 11.1 Å². The van der Waals surface area contributed by atoms with Gasteiger partial charge in [0.15, 0.2) is 0 Å². The molecule has 4 nitrogen and oxygen atoms in total. The summed E-state index contributed by atoms with van der Waals surface area (Å²) in [5, 5.41) is 5.41. The van der Waals surface area contributed by atoms with Gasteiger partial charge in [-0.2, -0.15) is 0 Å². The van der Waals surface area contributed by atoms with Crippen molar-refractivity contribution in [3.8, 4) is 11.8 Å². The molecule has 0 spiro atoms.